The van der Waals surface area contributed by atoms with Crippen LogP contribution in [-0.2, 0) is 9.47 Å². The largest absolute Gasteiger partial charge is 0.487 e. The maximum Gasteiger partial charge on any atom is 0.163 e. The van der Waals surface area contributed by atoms with Crippen LogP contribution in [0, 0.1) is 24.7 Å². The van der Waals surface area contributed by atoms with E-state index in [2.05, 4.69) is 27.2 Å². The maximum absolute atomic E-state index is 6.01. The number of rotatable bonds is 12. The number of aromatic nitrogens is 2. The topological polar surface area (TPSA) is 78.0 Å². The van der Waals surface area contributed by atoms with E-state index in [1.807, 2.05) is 65.7 Å². The van der Waals surface area contributed by atoms with Crippen molar-refractivity contribution in [3.05, 3.63) is 78.1 Å². The second-order valence-electron chi connectivity index (χ2n) is 8.06. The SMILES string of the molecule is C#Cc1cccc(NN(c2cccc(C#C)c2)c2ncnc3cc(OCCOC)c(OCCOC)cc23)c1.Cl. The number of anilines is 3. The zero-order valence-electron chi connectivity index (χ0n) is 21.7. The van der Waals surface area contributed by atoms with Crippen molar-refractivity contribution < 1.29 is 18.9 Å². The van der Waals surface area contributed by atoms with Crippen LogP contribution in [0.2, 0.25) is 0 Å². The summed E-state index contributed by atoms with van der Waals surface area (Å²) >= 11 is 0. The number of hydrogen-bond acceptors (Lipinski definition) is 8. The Morgan fingerprint density at radius 3 is 2.10 bits per heavy atom. The number of hydrogen-bond donors (Lipinski definition) is 1. The first-order chi connectivity index (χ1) is 18.7. The van der Waals surface area contributed by atoms with Crippen LogP contribution in [0.3, 0.4) is 0 Å². The molecular formula is C30H29ClN4O4. The lowest BCUT2D eigenvalue weighted by atomic mass is 10.1. The van der Waals surface area contributed by atoms with Crippen LogP contribution in [0.25, 0.3) is 10.9 Å². The van der Waals surface area contributed by atoms with Gasteiger partial charge in [0, 0.05) is 36.8 Å². The van der Waals surface area contributed by atoms with Crippen molar-refractivity contribution in [2.24, 2.45) is 0 Å². The predicted molar refractivity (Wildman–Crippen MR) is 156 cm³/mol. The molecule has 0 bridgehead atoms. The molecule has 0 radical (unpaired) electrons. The molecule has 0 unspecified atom stereocenters. The number of benzene rings is 3. The summed E-state index contributed by atoms with van der Waals surface area (Å²) in [5, 5.41) is 2.57. The van der Waals surface area contributed by atoms with Crippen LogP contribution in [0.4, 0.5) is 17.2 Å². The van der Waals surface area contributed by atoms with Crippen molar-refractivity contribution in [3.8, 4) is 36.2 Å². The molecule has 0 saturated carbocycles. The maximum atomic E-state index is 6.01. The average molecular weight is 545 g/mol. The number of halogens is 1. The quantitative estimate of drug-likeness (QED) is 0.148. The van der Waals surface area contributed by atoms with E-state index < -0.39 is 0 Å². The molecule has 200 valence electrons. The zero-order chi connectivity index (χ0) is 26.7. The van der Waals surface area contributed by atoms with Gasteiger partial charge in [0.05, 0.1) is 30.1 Å². The highest BCUT2D eigenvalue weighted by molar-refractivity contribution is 5.94. The van der Waals surface area contributed by atoms with Crippen molar-refractivity contribution in [2.75, 3.05) is 51.1 Å². The molecule has 8 nitrogen and oxygen atoms in total. The Morgan fingerprint density at radius 1 is 0.795 bits per heavy atom. The van der Waals surface area contributed by atoms with Gasteiger partial charge in [-0.3, -0.25) is 5.43 Å². The Balaban J connectivity index is 0.00000420. The Kier molecular flexibility index (Phi) is 10.8. The standard InChI is InChI=1S/C30H28N4O4.ClH/c1-5-22-9-7-11-24(17-22)33-34(25-12-8-10-23(6-2)18-25)30-26-19-28(37-15-13-35-3)29(38-16-14-36-4)20-27(26)31-21-32-30;/h1-2,7-12,17-21,33H,13-16H2,3-4H3;1H. The number of terminal acetylenes is 2. The number of nitrogens with one attached hydrogen (secondary N) is 1. The van der Waals surface area contributed by atoms with Crippen molar-refractivity contribution in [2.45, 2.75) is 0 Å². The van der Waals surface area contributed by atoms with Crippen molar-refractivity contribution in [1.82, 2.24) is 9.97 Å². The van der Waals surface area contributed by atoms with Crippen LogP contribution < -0.4 is 19.9 Å². The zero-order valence-corrected chi connectivity index (χ0v) is 22.5. The van der Waals surface area contributed by atoms with Crippen molar-refractivity contribution in [3.63, 3.8) is 0 Å². The normalized spacial score (nSPS) is 10.2. The molecule has 3 aromatic carbocycles. The third-order valence-corrected chi connectivity index (χ3v) is 5.52. The summed E-state index contributed by atoms with van der Waals surface area (Å²) in [6.07, 6.45) is 12.8. The van der Waals surface area contributed by atoms with Gasteiger partial charge in [0.1, 0.15) is 19.5 Å². The second-order valence-corrected chi connectivity index (χ2v) is 8.06. The smallest absolute Gasteiger partial charge is 0.163 e. The van der Waals surface area contributed by atoms with E-state index in [-0.39, 0.29) is 12.4 Å². The van der Waals surface area contributed by atoms with Crippen LogP contribution in [0.5, 0.6) is 11.5 Å². The molecule has 0 fully saturated rings. The van der Waals surface area contributed by atoms with Crippen molar-refractivity contribution >= 4 is 40.5 Å². The Labute approximate surface area is 234 Å². The van der Waals surface area contributed by atoms with E-state index in [0.717, 1.165) is 27.9 Å². The van der Waals surface area contributed by atoms with E-state index >= 15 is 0 Å². The van der Waals surface area contributed by atoms with Crippen LogP contribution in [0.15, 0.2) is 67.0 Å². The fraction of sp³-hybridized carbons (Fsp3) is 0.200. The number of nitrogens with zero attached hydrogens (tertiary/aromatic N) is 3. The first-order valence-electron chi connectivity index (χ1n) is 11.9. The Morgan fingerprint density at radius 2 is 1.44 bits per heavy atom. The summed E-state index contributed by atoms with van der Waals surface area (Å²) < 4.78 is 22.2. The number of fused-ring (bicyclic) bond motifs is 1. The molecule has 0 amide bonds. The molecule has 1 heterocycles. The van der Waals surface area contributed by atoms with Gasteiger partial charge in [-0.1, -0.05) is 24.0 Å². The summed E-state index contributed by atoms with van der Waals surface area (Å²) in [6, 6.07) is 18.8. The highest BCUT2D eigenvalue weighted by Gasteiger charge is 2.19. The van der Waals surface area contributed by atoms with E-state index in [0.29, 0.717) is 49.3 Å². The number of hydrazine groups is 1. The Hall–Kier alpha value is -4.47. The van der Waals surface area contributed by atoms with Gasteiger partial charge in [0.25, 0.3) is 0 Å². The van der Waals surface area contributed by atoms with Gasteiger partial charge < -0.3 is 18.9 Å². The number of methoxy groups -OCH3 is 2. The Bertz CT molecular complexity index is 1480. The molecule has 9 heteroatoms. The molecule has 0 spiro atoms. The average Bonchev–Trinajstić information content (AvgIpc) is 2.96. The van der Waals surface area contributed by atoms with E-state index in [9.17, 15) is 0 Å². The fourth-order valence-electron chi connectivity index (χ4n) is 3.71. The van der Waals surface area contributed by atoms with Gasteiger partial charge in [0.15, 0.2) is 17.3 Å². The van der Waals surface area contributed by atoms with Crippen LogP contribution in [-0.4, -0.2) is 50.6 Å². The van der Waals surface area contributed by atoms with Gasteiger partial charge in [-0.15, -0.1) is 25.3 Å². The molecule has 4 aromatic rings. The van der Waals surface area contributed by atoms with Gasteiger partial charge >= 0.3 is 0 Å². The van der Waals surface area contributed by atoms with Gasteiger partial charge in [-0.2, -0.15) is 0 Å². The minimum Gasteiger partial charge on any atom is -0.487 e. The minimum absolute atomic E-state index is 0. The third-order valence-electron chi connectivity index (χ3n) is 5.52. The number of ether oxygens (including phenoxy) is 4. The van der Waals surface area contributed by atoms with Gasteiger partial charge in [-0.05, 0) is 42.5 Å². The van der Waals surface area contributed by atoms with Crippen LogP contribution >= 0.6 is 12.4 Å². The highest BCUT2D eigenvalue weighted by Crippen LogP contribution is 2.37. The monoisotopic (exact) mass is 544 g/mol. The molecule has 0 saturated heterocycles. The van der Waals surface area contributed by atoms with Gasteiger partial charge in [-0.25, -0.2) is 15.0 Å². The molecule has 0 atom stereocenters. The summed E-state index contributed by atoms with van der Waals surface area (Å²) in [5.41, 5.74) is 7.11. The molecule has 0 aliphatic carbocycles. The molecule has 39 heavy (non-hydrogen) atoms. The lowest BCUT2D eigenvalue weighted by Crippen LogP contribution is -2.26. The third kappa shape index (κ3) is 7.31. The van der Waals surface area contributed by atoms with Gasteiger partial charge in [0.2, 0.25) is 0 Å². The van der Waals surface area contributed by atoms with Crippen molar-refractivity contribution in [1.29, 1.82) is 0 Å². The van der Waals surface area contributed by atoms with E-state index in [1.165, 1.54) is 6.33 Å². The van der Waals surface area contributed by atoms with Crippen LogP contribution in [0.1, 0.15) is 11.1 Å². The van der Waals surface area contributed by atoms with E-state index in [4.69, 9.17) is 31.8 Å². The first-order valence-corrected chi connectivity index (χ1v) is 11.9. The predicted octanol–water partition coefficient (Wildman–Crippen LogP) is 5.23. The summed E-state index contributed by atoms with van der Waals surface area (Å²) in [7, 11) is 3.24. The molecule has 1 aromatic heterocycles. The lowest BCUT2D eigenvalue weighted by Gasteiger charge is -2.27. The lowest BCUT2D eigenvalue weighted by molar-refractivity contribution is 0.132. The molecule has 0 aliphatic heterocycles. The summed E-state index contributed by atoms with van der Waals surface area (Å²) in [4.78, 5) is 9.14. The fourth-order valence-corrected chi connectivity index (χ4v) is 3.71. The minimum atomic E-state index is 0. The second kappa shape index (κ2) is 14.5. The van der Waals surface area contributed by atoms with E-state index in [1.54, 1.807) is 14.2 Å². The molecule has 0 aliphatic rings. The highest BCUT2D eigenvalue weighted by atomic mass is 35.5. The summed E-state index contributed by atoms with van der Waals surface area (Å²) in [6.45, 7) is 1.56. The molecule has 4 rings (SSSR count). The first kappa shape index (κ1) is 29.1. The molecular weight excluding hydrogens is 516 g/mol. The summed E-state index contributed by atoms with van der Waals surface area (Å²) in [5.74, 6) is 7.02. The molecule has 1 N–H and O–H groups in total.